The topological polar surface area (TPSA) is 20.3 Å². The molecule has 16 heavy (non-hydrogen) atoms. The molecule has 4 fully saturated rings. The number of hydrogen-bond acceptors (Lipinski definition) is 1. The van der Waals surface area contributed by atoms with Crippen LogP contribution in [0.4, 0.5) is 0 Å². The Morgan fingerprint density at radius 2 is 1.94 bits per heavy atom. The molecule has 1 heterocycles. The molecule has 4 rings (SSSR count). The SMILES string of the molecule is O=C(C1CC1C1CCC1)N1CCC12CCC2. The van der Waals surface area contributed by atoms with Gasteiger partial charge in [0.15, 0.2) is 0 Å². The third kappa shape index (κ3) is 1.11. The van der Waals surface area contributed by atoms with E-state index < -0.39 is 0 Å². The van der Waals surface area contributed by atoms with Gasteiger partial charge in [-0.1, -0.05) is 19.3 Å². The molecule has 2 heteroatoms. The third-order valence-corrected chi connectivity index (χ3v) is 5.84. The number of likely N-dealkylation sites (tertiary alicyclic amines) is 1. The number of amides is 1. The van der Waals surface area contributed by atoms with E-state index in [4.69, 9.17) is 0 Å². The molecule has 0 radical (unpaired) electrons. The van der Waals surface area contributed by atoms with Crippen LogP contribution in [0.3, 0.4) is 0 Å². The van der Waals surface area contributed by atoms with Crippen LogP contribution in [-0.2, 0) is 4.79 Å². The molecule has 3 aliphatic carbocycles. The van der Waals surface area contributed by atoms with Crippen molar-refractivity contribution in [2.45, 2.75) is 56.9 Å². The normalized spacial score (nSPS) is 39.9. The lowest BCUT2D eigenvalue weighted by atomic mass is 9.67. The van der Waals surface area contributed by atoms with Crippen LogP contribution in [0.15, 0.2) is 0 Å². The number of hydrogen-bond donors (Lipinski definition) is 0. The van der Waals surface area contributed by atoms with Crippen molar-refractivity contribution in [3.63, 3.8) is 0 Å². The van der Waals surface area contributed by atoms with Crippen molar-refractivity contribution in [3.05, 3.63) is 0 Å². The Balaban J connectivity index is 1.40. The van der Waals surface area contributed by atoms with E-state index in [1.54, 1.807) is 0 Å². The maximum atomic E-state index is 12.4. The van der Waals surface area contributed by atoms with Crippen LogP contribution in [-0.4, -0.2) is 22.9 Å². The highest BCUT2D eigenvalue weighted by atomic mass is 16.2. The van der Waals surface area contributed by atoms with Gasteiger partial charge < -0.3 is 4.90 Å². The molecular formula is C14H21NO. The Morgan fingerprint density at radius 1 is 1.12 bits per heavy atom. The minimum absolute atomic E-state index is 0.379. The molecule has 2 unspecified atom stereocenters. The predicted octanol–water partition coefficient (Wildman–Crippen LogP) is 2.58. The molecule has 1 saturated heterocycles. The van der Waals surface area contributed by atoms with Crippen LogP contribution in [0.25, 0.3) is 0 Å². The smallest absolute Gasteiger partial charge is 0.226 e. The quantitative estimate of drug-likeness (QED) is 0.699. The summed E-state index contributed by atoms with van der Waals surface area (Å²) in [4.78, 5) is 14.6. The predicted molar refractivity (Wildman–Crippen MR) is 61.9 cm³/mol. The summed E-state index contributed by atoms with van der Waals surface area (Å²) in [6, 6.07) is 0. The van der Waals surface area contributed by atoms with E-state index in [2.05, 4.69) is 4.90 Å². The average Bonchev–Trinajstić information content (AvgIpc) is 2.75. The van der Waals surface area contributed by atoms with Gasteiger partial charge in [-0.15, -0.1) is 0 Å². The van der Waals surface area contributed by atoms with Crippen molar-refractivity contribution in [2.24, 2.45) is 17.8 Å². The van der Waals surface area contributed by atoms with E-state index in [1.165, 1.54) is 51.4 Å². The Labute approximate surface area is 97.4 Å². The van der Waals surface area contributed by atoms with Crippen molar-refractivity contribution >= 4 is 5.91 Å². The molecular weight excluding hydrogens is 198 g/mol. The second-order valence-electron chi connectivity index (χ2n) is 6.51. The molecule has 2 atom stereocenters. The maximum Gasteiger partial charge on any atom is 0.226 e. The van der Waals surface area contributed by atoms with Gasteiger partial charge in [0.05, 0.1) is 0 Å². The van der Waals surface area contributed by atoms with Crippen molar-refractivity contribution < 1.29 is 4.79 Å². The highest BCUT2D eigenvalue weighted by Crippen LogP contribution is 2.55. The first-order valence-corrected chi connectivity index (χ1v) is 7.12. The fraction of sp³-hybridized carbons (Fsp3) is 0.929. The molecule has 0 aromatic rings. The number of carbonyl (C=O) groups excluding carboxylic acids is 1. The summed E-state index contributed by atoms with van der Waals surface area (Å²) in [7, 11) is 0. The standard InChI is InChI=1S/C14H21NO/c16-13(12-9-11(12)10-3-1-4-10)15-8-7-14(15)5-2-6-14/h10-12H,1-9H2. The summed E-state index contributed by atoms with van der Waals surface area (Å²) in [6.07, 6.45) is 10.7. The van der Waals surface area contributed by atoms with E-state index in [9.17, 15) is 4.79 Å². The summed E-state index contributed by atoms with van der Waals surface area (Å²) in [5, 5.41) is 0. The molecule has 88 valence electrons. The van der Waals surface area contributed by atoms with Crippen LogP contribution >= 0.6 is 0 Å². The maximum absolute atomic E-state index is 12.4. The molecule has 2 nitrogen and oxygen atoms in total. The summed E-state index contributed by atoms with van der Waals surface area (Å²) >= 11 is 0. The van der Waals surface area contributed by atoms with Gasteiger partial charge in [0.2, 0.25) is 5.91 Å². The minimum Gasteiger partial charge on any atom is -0.337 e. The highest BCUT2D eigenvalue weighted by molar-refractivity contribution is 5.83. The lowest BCUT2D eigenvalue weighted by Gasteiger charge is -2.58. The first kappa shape index (κ1) is 9.49. The molecule has 3 saturated carbocycles. The molecule has 1 aliphatic heterocycles. The zero-order valence-corrected chi connectivity index (χ0v) is 9.95. The van der Waals surface area contributed by atoms with Gasteiger partial charge in [0.25, 0.3) is 0 Å². The molecule has 0 aromatic heterocycles. The first-order chi connectivity index (χ1) is 7.80. The summed E-state index contributed by atoms with van der Waals surface area (Å²) in [6.45, 7) is 1.06. The zero-order valence-electron chi connectivity index (χ0n) is 9.95. The van der Waals surface area contributed by atoms with Gasteiger partial charge >= 0.3 is 0 Å². The van der Waals surface area contributed by atoms with E-state index in [1.807, 2.05) is 0 Å². The van der Waals surface area contributed by atoms with Crippen LogP contribution in [0.1, 0.15) is 51.4 Å². The van der Waals surface area contributed by atoms with Crippen LogP contribution in [0, 0.1) is 17.8 Å². The summed E-state index contributed by atoms with van der Waals surface area (Å²) in [5.74, 6) is 2.69. The summed E-state index contributed by atoms with van der Waals surface area (Å²) < 4.78 is 0. The van der Waals surface area contributed by atoms with Crippen molar-refractivity contribution in [1.29, 1.82) is 0 Å². The number of nitrogens with zero attached hydrogens (tertiary/aromatic N) is 1. The van der Waals surface area contributed by atoms with Gasteiger partial charge in [-0.2, -0.15) is 0 Å². The fourth-order valence-corrected chi connectivity index (χ4v) is 4.08. The van der Waals surface area contributed by atoms with Crippen molar-refractivity contribution in [1.82, 2.24) is 4.90 Å². The minimum atomic E-state index is 0.379. The third-order valence-electron chi connectivity index (χ3n) is 5.84. The lowest BCUT2D eigenvalue weighted by Crippen LogP contribution is -2.66. The second-order valence-corrected chi connectivity index (χ2v) is 6.51. The number of rotatable bonds is 2. The first-order valence-electron chi connectivity index (χ1n) is 7.12. The zero-order chi connectivity index (χ0) is 10.8. The molecule has 0 N–H and O–H groups in total. The number of carbonyl (C=O) groups is 1. The van der Waals surface area contributed by atoms with E-state index >= 15 is 0 Å². The van der Waals surface area contributed by atoms with E-state index in [-0.39, 0.29) is 0 Å². The lowest BCUT2D eigenvalue weighted by molar-refractivity contribution is -0.157. The van der Waals surface area contributed by atoms with Crippen LogP contribution in [0.5, 0.6) is 0 Å². The van der Waals surface area contributed by atoms with Gasteiger partial charge in [-0.25, -0.2) is 0 Å². The van der Waals surface area contributed by atoms with Crippen molar-refractivity contribution in [2.75, 3.05) is 6.54 Å². The second kappa shape index (κ2) is 3.02. The highest BCUT2D eigenvalue weighted by Gasteiger charge is 2.57. The molecule has 1 amide bonds. The Hall–Kier alpha value is -0.530. The largest absolute Gasteiger partial charge is 0.337 e. The molecule has 4 aliphatic rings. The van der Waals surface area contributed by atoms with Gasteiger partial charge in [-0.05, 0) is 43.9 Å². The van der Waals surface area contributed by atoms with E-state index in [0.717, 1.165) is 18.4 Å². The van der Waals surface area contributed by atoms with Crippen LogP contribution in [0.2, 0.25) is 0 Å². The van der Waals surface area contributed by atoms with Crippen molar-refractivity contribution in [3.8, 4) is 0 Å². The van der Waals surface area contributed by atoms with Crippen LogP contribution < -0.4 is 0 Å². The fourth-order valence-electron chi connectivity index (χ4n) is 4.08. The van der Waals surface area contributed by atoms with Gasteiger partial charge in [0, 0.05) is 18.0 Å². The Bertz CT molecular complexity index is 324. The molecule has 1 spiro atoms. The average molecular weight is 219 g/mol. The summed E-state index contributed by atoms with van der Waals surface area (Å²) in [5.41, 5.74) is 0.379. The monoisotopic (exact) mass is 219 g/mol. The Kier molecular flexibility index (Phi) is 1.79. The van der Waals surface area contributed by atoms with Gasteiger partial charge in [0.1, 0.15) is 0 Å². The molecule has 0 bridgehead atoms. The Morgan fingerprint density at radius 3 is 2.38 bits per heavy atom. The van der Waals surface area contributed by atoms with Gasteiger partial charge in [-0.3, -0.25) is 4.79 Å². The van der Waals surface area contributed by atoms with E-state index in [0.29, 0.717) is 17.4 Å². The molecule has 0 aromatic carbocycles.